The van der Waals surface area contributed by atoms with E-state index < -0.39 is 12.0 Å². The van der Waals surface area contributed by atoms with E-state index in [1.165, 1.54) is 16.9 Å². The lowest BCUT2D eigenvalue weighted by atomic mass is 10.0. The van der Waals surface area contributed by atoms with Crippen LogP contribution in [0.5, 0.6) is 0 Å². The minimum absolute atomic E-state index is 0.199. The highest BCUT2D eigenvalue weighted by molar-refractivity contribution is 5.86. The van der Waals surface area contributed by atoms with Crippen molar-refractivity contribution in [1.29, 1.82) is 0 Å². The van der Waals surface area contributed by atoms with Crippen molar-refractivity contribution in [3.8, 4) is 0 Å². The molecule has 0 bridgehead atoms. The van der Waals surface area contributed by atoms with Gasteiger partial charge in [0.1, 0.15) is 6.04 Å². The summed E-state index contributed by atoms with van der Waals surface area (Å²) in [5.74, 6) is -0.369. The van der Waals surface area contributed by atoms with Gasteiger partial charge in [-0.3, -0.25) is 4.79 Å². The first-order valence-corrected chi connectivity index (χ1v) is 9.41. The van der Waals surface area contributed by atoms with Gasteiger partial charge in [-0.05, 0) is 24.8 Å². The van der Waals surface area contributed by atoms with Gasteiger partial charge in [-0.2, -0.15) is 0 Å². The van der Waals surface area contributed by atoms with E-state index in [-0.39, 0.29) is 31.0 Å². The number of benzene rings is 1. The topological polar surface area (TPSA) is 70.2 Å². The third-order valence-electron chi connectivity index (χ3n) is 4.48. The maximum absolute atomic E-state index is 13.2. The summed E-state index contributed by atoms with van der Waals surface area (Å²) in [7, 11) is 0. The predicted octanol–water partition coefficient (Wildman–Crippen LogP) is 2.67. The van der Waals surface area contributed by atoms with Crippen molar-refractivity contribution in [2.45, 2.75) is 46.7 Å². The second kappa shape index (κ2) is 9.39. The van der Waals surface area contributed by atoms with Crippen molar-refractivity contribution in [1.82, 2.24) is 14.9 Å². The Kier molecular flexibility index (Phi) is 7.21. The van der Waals surface area contributed by atoms with Gasteiger partial charge >= 0.3 is 12.0 Å². The SMILES string of the molecule is CCOC(=O)[C@H](CC(C)C)N1CCN(C(C)=O)N(Cc2ccccc2)C1=O. The molecule has 0 aliphatic carbocycles. The summed E-state index contributed by atoms with van der Waals surface area (Å²) in [6.07, 6.45) is 0.518. The van der Waals surface area contributed by atoms with Crippen LogP contribution >= 0.6 is 0 Å². The average Bonchev–Trinajstić information content (AvgIpc) is 2.62. The molecule has 0 spiro atoms. The molecule has 0 aromatic heterocycles. The number of hydrogen-bond acceptors (Lipinski definition) is 4. The van der Waals surface area contributed by atoms with E-state index in [0.717, 1.165) is 5.56 Å². The molecular weight excluding hydrogens is 346 g/mol. The highest BCUT2D eigenvalue weighted by Crippen LogP contribution is 2.22. The summed E-state index contributed by atoms with van der Waals surface area (Å²) >= 11 is 0. The van der Waals surface area contributed by atoms with Gasteiger partial charge in [0.25, 0.3) is 0 Å². The zero-order valence-electron chi connectivity index (χ0n) is 16.6. The van der Waals surface area contributed by atoms with Gasteiger partial charge in [0.2, 0.25) is 5.91 Å². The van der Waals surface area contributed by atoms with Gasteiger partial charge in [0.15, 0.2) is 0 Å². The normalized spacial score (nSPS) is 15.9. The van der Waals surface area contributed by atoms with Gasteiger partial charge in [-0.25, -0.2) is 19.6 Å². The number of urea groups is 1. The van der Waals surface area contributed by atoms with Crippen molar-refractivity contribution in [3.05, 3.63) is 35.9 Å². The van der Waals surface area contributed by atoms with E-state index >= 15 is 0 Å². The molecular formula is C20H29N3O4. The minimum atomic E-state index is -0.648. The number of amides is 3. The lowest BCUT2D eigenvalue weighted by Gasteiger charge is -2.45. The van der Waals surface area contributed by atoms with E-state index in [9.17, 15) is 14.4 Å². The second-order valence-corrected chi connectivity index (χ2v) is 7.06. The first-order chi connectivity index (χ1) is 12.8. The molecule has 1 aromatic rings. The van der Waals surface area contributed by atoms with Crippen molar-refractivity contribution in [2.24, 2.45) is 5.92 Å². The smallest absolute Gasteiger partial charge is 0.340 e. The van der Waals surface area contributed by atoms with Crippen molar-refractivity contribution >= 4 is 17.9 Å². The third kappa shape index (κ3) is 5.21. The van der Waals surface area contributed by atoms with Crippen molar-refractivity contribution in [3.63, 3.8) is 0 Å². The molecule has 1 heterocycles. The fourth-order valence-electron chi connectivity index (χ4n) is 3.23. The number of hydrogen-bond donors (Lipinski definition) is 0. The van der Waals surface area contributed by atoms with Crippen LogP contribution in [-0.4, -0.2) is 58.6 Å². The Morgan fingerprint density at radius 3 is 2.37 bits per heavy atom. The zero-order chi connectivity index (χ0) is 20.0. The Morgan fingerprint density at radius 2 is 1.81 bits per heavy atom. The van der Waals surface area contributed by atoms with Crippen LogP contribution in [0.1, 0.15) is 39.7 Å². The first-order valence-electron chi connectivity index (χ1n) is 9.41. The Morgan fingerprint density at radius 1 is 1.15 bits per heavy atom. The molecule has 1 aliphatic rings. The second-order valence-electron chi connectivity index (χ2n) is 7.06. The van der Waals surface area contributed by atoms with Gasteiger partial charge in [-0.1, -0.05) is 44.2 Å². The fraction of sp³-hybridized carbons (Fsp3) is 0.550. The number of esters is 1. The van der Waals surface area contributed by atoms with E-state index in [0.29, 0.717) is 19.5 Å². The molecule has 2 rings (SSSR count). The summed E-state index contributed by atoms with van der Waals surface area (Å²) in [6.45, 7) is 8.39. The molecule has 0 unspecified atom stereocenters. The molecule has 27 heavy (non-hydrogen) atoms. The van der Waals surface area contributed by atoms with Crippen LogP contribution in [0.4, 0.5) is 4.79 Å². The molecule has 0 N–H and O–H groups in total. The number of ether oxygens (including phenoxy) is 1. The van der Waals surface area contributed by atoms with E-state index in [2.05, 4.69) is 0 Å². The van der Waals surface area contributed by atoms with E-state index in [1.54, 1.807) is 11.8 Å². The van der Waals surface area contributed by atoms with E-state index in [1.807, 2.05) is 44.2 Å². The number of nitrogens with zero attached hydrogens (tertiary/aromatic N) is 3. The fourth-order valence-corrected chi connectivity index (χ4v) is 3.23. The van der Waals surface area contributed by atoms with Crippen LogP contribution in [-0.2, 0) is 20.9 Å². The first kappa shape index (κ1) is 20.7. The molecule has 1 fully saturated rings. The van der Waals surface area contributed by atoms with Crippen LogP contribution < -0.4 is 0 Å². The van der Waals surface area contributed by atoms with Crippen LogP contribution in [0.2, 0.25) is 0 Å². The maximum atomic E-state index is 13.2. The minimum Gasteiger partial charge on any atom is -0.464 e. The van der Waals surface area contributed by atoms with Gasteiger partial charge in [0, 0.05) is 13.5 Å². The molecule has 7 nitrogen and oxygen atoms in total. The van der Waals surface area contributed by atoms with Crippen LogP contribution in [0.25, 0.3) is 0 Å². The predicted molar refractivity (Wildman–Crippen MR) is 101 cm³/mol. The molecule has 1 atom stereocenters. The lowest BCUT2D eigenvalue weighted by molar-refractivity contribution is -0.155. The van der Waals surface area contributed by atoms with Gasteiger partial charge < -0.3 is 9.64 Å². The molecule has 3 amide bonds. The molecule has 1 aromatic carbocycles. The molecule has 0 saturated carbocycles. The summed E-state index contributed by atoms with van der Waals surface area (Å²) < 4.78 is 5.20. The number of rotatable bonds is 7. The highest BCUT2D eigenvalue weighted by atomic mass is 16.5. The molecule has 148 valence electrons. The van der Waals surface area contributed by atoms with Crippen molar-refractivity contribution in [2.75, 3.05) is 19.7 Å². The van der Waals surface area contributed by atoms with Crippen molar-refractivity contribution < 1.29 is 19.1 Å². The highest BCUT2D eigenvalue weighted by Gasteiger charge is 2.40. The van der Waals surface area contributed by atoms with Crippen LogP contribution in [0.3, 0.4) is 0 Å². The standard InChI is InChI=1S/C20H29N3O4/c1-5-27-19(25)18(13-15(2)3)21-11-12-22(16(4)24)23(20(21)26)14-17-9-7-6-8-10-17/h6-10,15,18H,5,11-14H2,1-4H3/t18-/m0/s1. The van der Waals surface area contributed by atoms with Crippen LogP contribution in [0.15, 0.2) is 30.3 Å². The Hall–Kier alpha value is -2.57. The Balaban J connectivity index is 2.28. The maximum Gasteiger partial charge on any atom is 0.340 e. The lowest BCUT2D eigenvalue weighted by Crippen LogP contribution is -2.64. The number of hydrazine groups is 1. The molecule has 7 heteroatoms. The van der Waals surface area contributed by atoms with E-state index in [4.69, 9.17) is 4.74 Å². The monoisotopic (exact) mass is 375 g/mol. The quantitative estimate of drug-likeness (QED) is 0.687. The van der Waals surface area contributed by atoms with Gasteiger partial charge in [-0.15, -0.1) is 0 Å². The summed E-state index contributed by atoms with van der Waals surface area (Å²) in [6, 6.07) is 8.49. The Bertz CT molecular complexity index is 662. The average molecular weight is 375 g/mol. The number of carbonyl (C=O) groups is 3. The Labute approximate surface area is 160 Å². The number of carbonyl (C=O) groups excluding carboxylic acids is 3. The van der Waals surface area contributed by atoms with Gasteiger partial charge in [0.05, 0.1) is 19.7 Å². The summed E-state index contributed by atoms with van der Waals surface area (Å²) in [5.41, 5.74) is 0.912. The molecule has 1 aliphatic heterocycles. The molecule has 0 radical (unpaired) electrons. The summed E-state index contributed by atoms with van der Waals surface area (Å²) in [4.78, 5) is 39.3. The largest absolute Gasteiger partial charge is 0.464 e. The summed E-state index contributed by atoms with van der Waals surface area (Å²) in [5, 5.41) is 2.87. The molecule has 1 saturated heterocycles. The third-order valence-corrected chi connectivity index (χ3v) is 4.48. The zero-order valence-corrected chi connectivity index (χ0v) is 16.6. The van der Waals surface area contributed by atoms with Crippen LogP contribution in [0, 0.1) is 5.92 Å².